The van der Waals surface area contributed by atoms with Crippen molar-refractivity contribution < 1.29 is 4.79 Å². The quantitative estimate of drug-likeness (QED) is 0.680. The number of carbonyl (C=O) groups is 1. The minimum Gasteiger partial charge on any atom is -0.298 e. The van der Waals surface area contributed by atoms with Gasteiger partial charge in [-0.25, -0.2) is 0 Å². The molecule has 16 heavy (non-hydrogen) atoms. The molecule has 1 atom stereocenters. The van der Waals surface area contributed by atoms with Gasteiger partial charge < -0.3 is 0 Å². The van der Waals surface area contributed by atoms with E-state index in [0.29, 0.717) is 0 Å². The van der Waals surface area contributed by atoms with E-state index < -0.39 is 0 Å². The van der Waals surface area contributed by atoms with Gasteiger partial charge in [0.2, 0.25) is 5.91 Å². The molecule has 1 amide bonds. The van der Waals surface area contributed by atoms with E-state index in [9.17, 15) is 4.79 Å². The lowest BCUT2D eigenvalue weighted by Crippen LogP contribution is -2.38. The molecule has 0 aliphatic heterocycles. The third-order valence-corrected chi connectivity index (χ3v) is 3.85. The Balaban J connectivity index is 4.52. The first kappa shape index (κ1) is 15.9. The van der Waals surface area contributed by atoms with E-state index in [1.807, 2.05) is 13.8 Å². The van der Waals surface area contributed by atoms with Crippen molar-refractivity contribution >= 4 is 34.2 Å². The van der Waals surface area contributed by atoms with Crippen LogP contribution in [0.4, 0.5) is 0 Å². The zero-order valence-electron chi connectivity index (χ0n) is 10.8. The average molecular weight is 261 g/mol. The second kappa shape index (κ2) is 8.99. The predicted molar refractivity (Wildman–Crippen MR) is 76.8 cm³/mol. The minimum absolute atomic E-state index is 0.0762. The fourth-order valence-corrected chi connectivity index (χ4v) is 2.37. The van der Waals surface area contributed by atoms with Gasteiger partial charge in [-0.2, -0.15) is 0 Å². The smallest absolute Gasteiger partial charge is 0.230 e. The first-order valence-electron chi connectivity index (χ1n) is 6.06. The maximum atomic E-state index is 12.1. The highest BCUT2D eigenvalue weighted by Gasteiger charge is 2.21. The Morgan fingerprint density at radius 1 is 1.38 bits per heavy atom. The molecule has 0 aromatic heterocycles. The van der Waals surface area contributed by atoms with Crippen molar-refractivity contribution in [2.24, 2.45) is 5.92 Å². The van der Waals surface area contributed by atoms with Crippen molar-refractivity contribution in [3.63, 3.8) is 0 Å². The summed E-state index contributed by atoms with van der Waals surface area (Å²) in [6.07, 6.45) is 2.98. The van der Waals surface area contributed by atoms with Crippen molar-refractivity contribution in [3.8, 4) is 0 Å². The molecule has 0 bridgehead atoms. The Hall–Kier alpha value is -0.0900. The summed E-state index contributed by atoms with van der Waals surface area (Å²) in [6, 6.07) is 0. The Kier molecular flexibility index (Phi) is 8.94. The average Bonchev–Trinajstić information content (AvgIpc) is 2.28. The molecule has 2 nitrogen and oxygen atoms in total. The molecule has 4 heteroatoms. The zero-order chi connectivity index (χ0) is 12.6. The molecule has 0 spiro atoms. The van der Waals surface area contributed by atoms with Crippen LogP contribution in [0.1, 0.15) is 47.0 Å². The molecule has 0 radical (unpaired) electrons. The molecule has 0 rings (SSSR count). The van der Waals surface area contributed by atoms with Crippen LogP contribution in [0.5, 0.6) is 0 Å². The number of hydrogen-bond donors (Lipinski definition) is 0. The van der Waals surface area contributed by atoms with E-state index in [1.54, 1.807) is 16.7 Å². The molecule has 0 aliphatic carbocycles. The van der Waals surface area contributed by atoms with Gasteiger partial charge in [0.05, 0.1) is 0 Å². The van der Waals surface area contributed by atoms with Gasteiger partial charge in [-0.15, -0.1) is 0 Å². The van der Waals surface area contributed by atoms with E-state index in [1.165, 1.54) is 0 Å². The number of thioether (sulfide) groups is 1. The van der Waals surface area contributed by atoms with Crippen molar-refractivity contribution in [1.29, 1.82) is 0 Å². The van der Waals surface area contributed by atoms with Gasteiger partial charge in [0.1, 0.15) is 4.32 Å². The van der Waals surface area contributed by atoms with Crippen molar-refractivity contribution in [3.05, 3.63) is 0 Å². The van der Waals surface area contributed by atoms with Crippen LogP contribution in [0.3, 0.4) is 0 Å². The fraction of sp³-hybridized carbons (Fsp3) is 0.833. The molecule has 0 fully saturated rings. The van der Waals surface area contributed by atoms with Crippen LogP contribution in [0.15, 0.2) is 0 Å². The van der Waals surface area contributed by atoms with E-state index >= 15 is 0 Å². The summed E-state index contributed by atoms with van der Waals surface area (Å²) in [5.74, 6) is 1.18. The van der Waals surface area contributed by atoms with Gasteiger partial charge in [0, 0.05) is 12.5 Å². The van der Waals surface area contributed by atoms with Crippen LogP contribution in [0.25, 0.3) is 0 Å². The maximum absolute atomic E-state index is 12.1. The van der Waals surface area contributed by atoms with E-state index in [0.717, 1.165) is 35.9 Å². The third-order valence-electron chi connectivity index (χ3n) is 2.52. The van der Waals surface area contributed by atoms with Gasteiger partial charge in [-0.05, 0) is 18.6 Å². The standard InChI is InChI=1S/C12H23NOS2/c1-5-8-9-13(12(15)16-7-3)11(14)10(4)6-2/h10H,5-9H2,1-4H3. The lowest BCUT2D eigenvalue weighted by atomic mass is 10.1. The number of carbonyl (C=O) groups excluding carboxylic acids is 1. The van der Waals surface area contributed by atoms with Crippen molar-refractivity contribution in [2.75, 3.05) is 12.3 Å². The lowest BCUT2D eigenvalue weighted by Gasteiger charge is -2.25. The summed E-state index contributed by atoms with van der Waals surface area (Å²) in [5, 5.41) is 0. The van der Waals surface area contributed by atoms with E-state index in [2.05, 4.69) is 13.8 Å². The summed E-state index contributed by atoms with van der Waals surface area (Å²) in [4.78, 5) is 13.9. The molecule has 0 aromatic rings. The molecule has 0 heterocycles. The summed E-state index contributed by atoms with van der Waals surface area (Å²) < 4.78 is 0.737. The molecule has 0 aromatic carbocycles. The molecule has 0 saturated heterocycles. The van der Waals surface area contributed by atoms with Crippen LogP contribution in [0.2, 0.25) is 0 Å². The molecule has 0 aliphatic rings. The summed E-state index contributed by atoms with van der Waals surface area (Å²) >= 11 is 6.88. The first-order valence-corrected chi connectivity index (χ1v) is 7.45. The molecule has 0 saturated carbocycles. The topological polar surface area (TPSA) is 20.3 Å². The number of rotatable bonds is 6. The van der Waals surface area contributed by atoms with Gasteiger partial charge in [0.25, 0.3) is 0 Å². The molecule has 94 valence electrons. The number of nitrogens with zero attached hydrogens (tertiary/aromatic N) is 1. The van der Waals surface area contributed by atoms with E-state index in [4.69, 9.17) is 12.2 Å². The highest BCUT2D eigenvalue weighted by molar-refractivity contribution is 8.22. The van der Waals surface area contributed by atoms with Gasteiger partial charge in [-0.3, -0.25) is 9.69 Å². The van der Waals surface area contributed by atoms with Crippen LogP contribution in [0, 0.1) is 5.92 Å². The maximum Gasteiger partial charge on any atom is 0.230 e. The molecule has 1 unspecified atom stereocenters. The number of hydrogen-bond acceptors (Lipinski definition) is 3. The highest BCUT2D eigenvalue weighted by Crippen LogP contribution is 2.15. The van der Waals surface area contributed by atoms with Crippen molar-refractivity contribution in [1.82, 2.24) is 4.90 Å². The largest absolute Gasteiger partial charge is 0.298 e. The Bertz CT molecular complexity index is 231. The number of amides is 1. The van der Waals surface area contributed by atoms with Crippen LogP contribution >= 0.6 is 24.0 Å². The normalized spacial score (nSPS) is 12.2. The van der Waals surface area contributed by atoms with Gasteiger partial charge in [0.15, 0.2) is 0 Å². The zero-order valence-corrected chi connectivity index (χ0v) is 12.4. The monoisotopic (exact) mass is 261 g/mol. The SMILES string of the molecule is CCCCN(C(=O)C(C)CC)C(=S)SCC. The number of thiocarbonyl (C=S) groups is 1. The van der Waals surface area contributed by atoms with Crippen LogP contribution in [-0.2, 0) is 4.79 Å². The van der Waals surface area contributed by atoms with Crippen LogP contribution in [-0.4, -0.2) is 27.4 Å². The molecular weight excluding hydrogens is 238 g/mol. The van der Waals surface area contributed by atoms with Crippen LogP contribution < -0.4 is 0 Å². The lowest BCUT2D eigenvalue weighted by molar-refractivity contribution is -0.130. The Morgan fingerprint density at radius 2 is 2.00 bits per heavy atom. The summed E-state index contributed by atoms with van der Waals surface area (Å²) in [7, 11) is 0. The fourth-order valence-electron chi connectivity index (χ4n) is 1.25. The highest BCUT2D eigenvalue weighted by atomic mass is 32.2. The van der Waals surface area contributed by atoms with E-state index in [-0.39, 0.29) is 11.8 Å². The third kappa shape index (κ3) is 5.30. The van der Waals surface area contributed by atoms with Gasteiger partial charge >= 0.3 is 0 Å². The van der Waals surface area contributed by atoms with Gasteiger partial charge in [-0.1, -0.05) is 58.1 Å². The Morgan fingerprint density at radius 3 is 2.44 bits per heavy atom. The molecule has 0 N–H and O–H groups in total. The summed E-state index contributed by atoms with van der Waals surface area (Å²) in [5.41, 5.74) is 0. The second-order valence-electron chi connectivity index (χ2n) is 3.85. The van der Waals surface area contributed by atoms with Crippen molar-refractivity contribution in [2.45, 2.75) is 47.0 Å². The number of unbranched alkanes of at least 4 members (excludes halogenated alkanes) is 1. The predicted octanol–water partition coefficient (Wildman–Crippen LogP) is 3.70. The second-order valence-corrected chi connectivity index (χ2v) is 5.75. The minimum atomic E-state index is 0.0762. The first-order chi connectivity index (χ1) is 7.58. The molecular formula is C12H23NOS2. The Labute approximate surface area is 109 Å². The summed E-state index contributed by atoms with van der Waals surface area (Å²) in [6.45, 7) is 8.97.